The summed E-state index contributed by atoms with van der Waals surface area (Å²) in [4.78, 5) is 69.3. The van der Waals surface area contributed by atoms with Crippen LogP contribution in [0.25, 0.3) is 0 Å². The number of urea groups is 1. The predicted octanol–water partition coefficient (Wildman–Crippen LogP) is 3.31. The minimum atomic E-state index is -3.37. The molecule has 5 amide bonds. The lowest BCUT2D eigenvalue weighted by Crippen LogP contribution is -2.65. The number of fused-ring (bicyclic) bond motifs is 1. The van der Waals surface area contributed by atoms with E-state index in [2.05, 4.69) is 27.8 Å². The van der Waals surface area contributed by atoms with Crippen LogP contribution in [0.3, 0.4) is 0 Å². The van der Waals surface area contributed by atoms with Crippen molar-refractivity contribution in [2.75, 3.05) is 18.8 Å². The topological polar surface area (TPSA) is 171 Å². The van der Waals surface area contributed by atoms with E-state index in [1.165, 1.54) is 4.90 Å². The highest BCUT2D eigenvalue weighted by Crippen LogP contribution is 2.65. The number of carbonyl (C=O) groups is 5. The second-order valence-corrected chi connectivity index (χ2v) is 18.6. The summed E-state index contributed by atoms with van der Waals surface area (Å²) in [6.07, 6.45) is 6.12. The number of carbonyl (C=O) groups excluding carboxylic acids is 5. The fourth-order valence-electron chi connectivity index (χ4n) is 8.50. The van der Waals surface area contributed by atoms with Crippen molar-refractivity contribution in [1.82, 2.24) is 26.2 Å². The summed E-state index contributed by atoms with van der Waals surface area (Å²) in [5, 5.41) is 10.2. The number of halogens is 1. The lowest BCUT2D eigenvalue weighted by atomic mass is 9.78. The number of hydrogen-bond acceptors (Lipinski definition) is 7. The number of Topliss-reactive ketones (excluding diaryl/α,β-unsaturated/α-hetero) is 1. The fraction of sp³-hybridized carbons (Fsp3) is 0.800. The van der Waals surface area contributed by atoms with Crippen LogP contribution < -0.4 is 21.3 Å². The molecule has 4 rings (SSSR count). The highest BCUT2D eigenvalue weighted by atomic mass is 32.2. The molecule has 0 spiro atoms. The number of amides is 5. The van der Waals surface area contributed by atoms with Gasteiger partial charge >= 0.3 is 6.03 Å². The van der Waals surface area contributed by atoms with Crippen LogP contribution in [0.2, 0.25) is 0 Å². The van der Waals surface area contributed by atoms with Crippen molar-refractivity contribution in [3.05, 3.63) is 12.4 Å². The molecular weight excluding hydrogens is 653 g/mol. The number of hydrogen-bond donors (Lipinski definition) is 4. The van der Waals surface area contributed by atoms with Gasteiger partial charge in [-0.3, -0.25) is 19.2 Å². The zero-order chi connectivity index (χ0) is 36.5. The first kappa shape index (κ1) is 38.8. The van der Waals surface area contributed by atoms with Gasteiger partial charge in [-0.25, -0.2) is 17.6 Å². The molecule has 276 valence electrons. The number of ketones is 1. The summed E-state index contributed by atoms with van der Waals surface area (Å²) in [6, 6.07) is -3.78. The van der Waals surface area contributed by atoms with Gasteiger partial charge in [0.15, 0.2) is 9.84 Å². The van der Waals surface area contributed by atoms with Gasteiger partial charge < -0.3 is 26.2 Å². The molecule has 0 radical (unpaired) electrons. The highest BCUT2D eigenvalue weighted by molar-refractivity contribution is 7.92. The summed E-state index contributed by atoms with van der Waals surface area (Å²) in [5.41, 5.74) is -1.94. The van der Waals surface area contributed by atoms with Crippen LogP contribution >= 0.6 is 0 Å². The molecule has 2 aliphatic carbocycles. The Morgan fingerprint density at radius 3 is 2.22 bits per heavy atom. The smallest absolute Gasteiger partial charge is 0.315 e. The molecule has 0 bridgehead atoms. The van der Waals surface area contributed by atoms with Gasteiger partial charge in [-0.15, -0.1) is 0 Å². The maximum absolute atomic E-state index is 14.4. The van der Waals surface area contributed by atoms with Gasteiger partial charge in [0.05, 0.1) is 29.1 Å². The Bertz CT molecular complexity index is 1440. The van der Waals surface area contributed by atoms with Crippen LogP contribution in [-0.4, -0.2) is 90.6 Å². The summed E-state index contributed by atoms with van der Waals surface area (Å²) in [5.74, 6) is -3.85. The van der Waals surface area contributed by atoms with Crippen molar-refractivity contribution in [1.29, 1.82) is 0 Å². The third-order valence-electron chi connectivity index (χ3n) is 11.3. The minimum absolute atomic E-state index is 0.0170. The number of sulfone groups is 1. The Morgan fingerprint density at radius 2 is 1.67 bits per heavy atom. The van der Waals surface area contributed by atoms with Crippen molar-refractivity contribution >= 4 is 39.4 Å². The van der Waals surface area contributed by atoms with E-state index in [1.54, 1.807) is 0 Å². The number of piperidine rings is 1. The molecule has 49 heavy (non-hydrogen) atoms. The van der Waals surface area contributed by atoms with Gasteiger partial charge in [-0.05, 0) is 54.8 Å². The van der Waals surface area contributed by atoms with Crippen LogP contribution in [-0.2, 0) is 29.0 Å². The molecule has 0 aromatic rings. The Kier molecular flexibility index (Phi) is 11.6. The van der Waals surface area contributed by atoms with Gasteiger partial charge in [0.2, 0.25) is 17.6 Å². The van der Waals surface area contributed by atoms with Crippen molar-refractivity contribution in [3.8, 4) is 0 Å². The molecule has 6 atom stereocenters. The lowest BCUT2D eigenvalue weighted by Gasteiger charge is -2.43. The highest BCUT2D eigenvalue weighted by Gasteiger charge is 2.70. The standard InChI is InChI=1S/C35H56FN5O7S/c1-8-9-14-23(27(42)30(44)37-19-21(2)36)38-29(43)26-25-22(34(25,6)7)20-41(26)31(45)28(33(3,4)5)39-32(46)40-35(16-11-10-12-17-35)24-15-13-18-49(24,47)48/h22-26,28H,2,8-20H2,1,3-7H3,(H,37,44)(H,38,43)(H2,39,40,46)/t22-,23-,24+,25-,26-,28+/m0/s1. The molecule has 2 saturated heterocycles. The van der Waals surface area contributed by atoms with E-state index in [4.69, 9.17) is 0 Å². The number of unbranched alkanes of at least 4 members (excludes halogenated alkanes) is 1. The first-order chi connectivity index (χ1) is 22.8. The SMILES string of the molecule is C=C(F)CNC(=O)C(=O)[C@H](CCCC)NC(=O)[C@@H]1[C@@H]2[C@H](CN1C(=O)[C@@H](NC(=O)NC1([C@H]3CCCS3(=O)=O)CCCCC1)C(C)(C)C)C2(C)C. The Balaban J connectivity index is 1.55. The molecule has 2 saturated carbocycles. The third-order valence-corrected chi connectivity index (χ3v) is 13.8. The Morgan fingerprint density at radius 1 is 1.02 bits per heavy atom. The number of rotatable bonds is 13. The van der Waals surface area contributed by atoms with Crippen molar-refractivity contribution < 1.29 is 36.8 Å². The van der Waals surface area contributed by atoms with E-state index in [-0.39, 0.29) is 36.0 Å². The monoisotopic (exact) mass is 709 g/mol. The summed E-state index contributed by atoms with van der Waals surface area (Å²) < 4.78 is 39.2. The molecule has 4 aliphatic rings. The minimum Gasteiger partial charge on any atom is -0.344 e. The average Bonchev–Trinajstić information content (AvgIpc) is 3.33. The van der Waals surface area contributed by atoms with Crippen LogP contribution in [0.4, 0.5) is 9.18 Å². The quantitative estimate of drug-likeness (QED) is 0.213. The molecule has 0 unspecified atom stereocenters. The van der Waals surface area contributed by atoms with E-state index >= 15 is 0 Å². The predicted molar refractivity (Wildman–Crippen MR) is 184 cm³/mol. The molecule has 4 fully saturated rings. The van der Waals surface area contributed by atoms with Crippen molar-refractivity contribution in [2.45, 2.75) is 135 Å². The molecule has 14 heteroatoms. The van der Waals surface area contributed by atoms with Crippen LogP contribution in [0.15, 0.2) is 12.4 Å². The van der Waals surface area contributed by atoms with E-state index in [9.17, 15) is 36.8 Å². The molecule has 12 nitrogen and oxygen atoms in total. The number of likely N-dealkylation sites (tertiary alicyclic amines) is 1. The third kappa shape index (κ3) is 8.31. The van der Waals surface area contributed by atoms with Crippen LogP contribution in [0.5, 0.6) is 0 Å². The van der Waals surface area contributed by atoms with Gasteiger partial charge in [0, 0.05) is 6.54 Å². The van der Waals surface area contributed by atoms with E-state index in [0.717, 1.165) is 19.3 Å². The van der Waals surface area contributed by atoms with E-state index in [0.29, 0.717) is 38.5 Å². The molecule has 0 aromatic carbocycles. The summed E-state index contributed by atoms with van der Waals surface area (Å²) in [7, 11) is -3.37. The van der Waals surface area contributed by atoms with E-state index in [1.807, 2.05) is 41.5 Å². The first-order valence-electron chi connectivity index (χ1n) is 17.8. The fourth-order valence-corrected chi connectivity index (χ4v) is 10.9. The Labute approximate surface area is 290 Å². The van der Waals surface area contributed by atoms with Gasteiger partial charge in [-0.2, -0.15) is 0 Å². The molecular formula is C35H56FN5O7S. The molecule has 4 N–H and O–H groups in total. The second kappa shape index (κ2) is 14.7. The maximum Gasteiger partial charge on any atom is 0.315 e. The van der Waals surface area contributed by atoms with Crippen LogP contribution in [0.1, 0.15) is 106 Å². The lowest BCUT2D eigenvalue weighted by molar-refractivity contribution is -0.145. The first-order valence-corrected chi connectivity index (χ1v) is 19.5. The van der Waals surface area contributed by atoms with Gasteiger partial charge in [-0.1, -0.05) is 80.2 Å². The summed E-state index contributed by atoms with van der Waals surface area (Å²) >= 11 is 0. The average molecular weight is 710 g/mol. The molecule has 2 heterocycles. The van der Waals surface area contributed by atoms with E-state index < -0.39 is 86.1 Å². The maximum atomic E-state index is 14.4. The zero-order valence-electron chi connectivity index (χ0n) is 30.0. The van der Waals surface area contributed by atoms with Crippen LogP contribution in [0, 0.1) is 22.7 Å². The second-order valence-electron chi connectivity index (χ2n) is 16.3. The van der Waals surface area contributed by atoms with Crippen molar-refractivity contribution in [3.63, 3.8) is 0 Å². The largest absolute Gasteiger partial charge is 0.344 e. The van der Waals surface area contributed by atoms with Crippen molar-refractivity contribution in [2.24, 2.45) is 22.7 Å². The molecule has 0 aromatic heterocycles. The summed E-state index contributed by atoms with van der Waals surface area (Å²) in [6.45, 7) is 14.2. The van der Waals surface area contributed by atoms with Gasteiger partial charge in [0.25, 0.3) is 5.91 Å². The number of nitrogens with one attached hydrogen (secondary N) is 4. The van der Waals surface area contributed by atoms with Gasteiger partial charge in [0.1, 0.15) is 17.9 Å². The normalized spacial score (nSPS) is 27.6. The number of nitrogens with zero attached hydrogens (tertiary/aromatic N) is 1. The zero-order valence-corrected chi connectivity index (χ0v) is 30.8. The molecule has 2 aliphatic heterocycles. The Hall–Kier alpha value is -3.03.